The fraction of sp³-hybridized carbons (Fsp3) is 0.167. The van der Waals surface area contributed by atoms with E-state index in [1.54, 1.807) is 11.3 Å². The highest BCUT2D eigenvalue weighted by Gasteiger charge is 2.15. The molecule has 0 bridgehead atoms. The molecule has 1 aliphatic rings. The van der Waals surface area contributed by atoms with Gasteiger partial charge in [0.15, 0.2) is 0 Å². The van der Waals surface area contributed by atoms with Gasteiger partial charge < -0.3 is 5.73 Å². The van der Waals surface area contributed by atoms with E-state index in [1.807, 2.05) is 0 Å². The van der Waals surface area contributed by atoms with Gasteiger partial charge in [-0.05, 0) is 27.6 Å². The molecule has 2 N–H and O–H groups in total. The van der Waals surface area contributed by atoms with Crippen LogP contribution in [0, 0.1) is 0 Å². The first kappa shape index (κ1) is 6.37. The Bertz CT molecular complexity index is 303. The summed E-state index contributed by atoms with van der Waals surface area (Å²) in [6.07, 6.45) is 0. The molecule has 1 aromatic rings. The van der Waals surface area contributed by atoms with Crippen LogP contribution in [0.25, 0.3) is 0 Å². The first-order valence-electron chi connectivity index (χ1n) is 2.86. The molecule has 4 heteroatoms. The number of fused-ring (bicyclic) bond motifs is 1. The second-order valence-corrected chi connectivity index (χ2v) is 4.54. The van der Waals surface area contributed by atoms with Crippen LogP contribution in [0.15, 0.2) is 14.8 Å². The largest absolute Gasteiger partial charge is 0.383 e. The predicted octanol–water partition coefficient (Wildman–Crippen LogP) is 1.73. The van der Waals surface area contributed by atoms with Crippen LogP contribution >= 0.6 is 27.3 Å². The molecule has 10 heavy (non-hydrogen) atoms. The minimum atomic E-state index is 0.686. The zero-order chi connectivity index (χ0) is 7.14. The number of aliphatic imine (C=N–C) groups is 1. The van der Waals surface area contributed by atoms with Crippen LogP contribution in [0.4, 0.5) is 0 Å². The Morgan fingerprint density at radius 1 is 1.70 bits per heavy atom. The molecule has 2 rings (SSSR count). The van der Waals surface area contributed by atoms with Crippen LogP contribution in [0.5, 0.6) is 0 Å². The Morgan fingerprint density at radius 2 is 2.50 bits per heavy atom. The number of amidine groups is 1. The highest BCUT2D eigenvalue weighted by atomic mass is 79.9. The predicted molar refractivity (Wildman–Crippen MR) is 46.4 cm³/mol. The monoisotopic (exact) mass is 216 g/mol. The number of rotatable bonds is 0. The van der Waals surface area contributed by atoms with Gasteiger partial charge in [-0.3, -0.25) is 4.99 Å². The van der Waals surface area contributed by atoms with Gasteiger partial charge in [0.2, 0.25) is 0 Å². The fourth-order valence-corrected chi connectivity index (χ4v) is 2.55. The molecule has 0 unspecified atom stereocenters. The molecule has 1 aliphatic heterocycles. The van der Waals surface area contributed by atoms with Crippen molar-refractivity contribution in [2.75, 3.05) is 0 Å². The summed E-state index contributed by atoms with van der Waals surface area (Å²) in [5.74, 6) is 0.686. The van der Waals surface area contributed by atoms with E-state index in [9.17, 15) is 0 Å². The third-order valence-electron chi connectivity index (χ3n) is 1.43. The van der Waals surface area contributed by atoms with Crippen LogP contribution in [-0.4, -0.2) is 5.84 Å². The molecule has 0 saturated carbocycles. The average Bonchev–Trinajstić information content (AvgIpc) is 2.35. The molecule has 0 aliphatic carbocycles. The van der Waals surface area contributed by atoms with Crippen molar-refractivity contribution < 1.29 is 0 Å². The third kappa shape index (κ3) is 0.793. The van der Waals surface area contributed by atoms with Gasteiger partial charge in [-0.25, -0.2) is 0 Å². The summed E-state index contributed by atoms with van der Waals surface area (Å²) in [5.41, 5.74) is 6.84. The second kappa shape index (κ2) is 2.07. The summed E-state index contributed by atoms with van der Waals surface area (Å²) in [6, 6.07) is 2.07. The summed E-state index contributed by atoms with van der Waals surface area (Å²) in [7, 11) is 0. The quantitative estimate of drug-likeness (QED) is 0.706. The van der Waals surface area contributed by atoms with Crippen LogP contribution in [0.1, 0.15) is 10.4 Å². The first-order valence-corrected chi connectivity index (χ1v) is 4.47. The zero-order valence-corrected chi connectivity index (χ0v) is 7.50. The van der Waals surface area contributed by atoms with Crippen molar-refractivity contribution in [3.05, 3.63) is 20.3 Å². The zero-order valence-electron chi connectivity index (χ0n) is 5.10. The minimum Gasteiger partial charge on any atom is -0.383 e. The molecule has 0 fully saturated rings. The van der Waals surface area contributed by atoms with E-state index in [1.165, 1.54) is 5.56 Å². The molecular formula is C6H5BrN2S. The van der Waals surface area contributed by atoms with Crippen LogP contribution in [0.3, 0.4) is 0 Å². The van der Waals surface area contributed by atoms with E-state index in [-0.39, 0.29) is 0 Å². The molecule has 0 atom stereocenters. The van der Waals surface area contributed by atoms with Gasteiger partial charge >= 0.3 is 0 Å². The van der Waals surface area contributed by atoms with Gasteiger partial charge in [-0.1, -0.05) is 0 Å². The second-order valence-electron chi connectivity index (χ2n) is 2.11. The number of hydrogen-bond acceptors (Lipinski definition) is 3. The molecule has 2 heterocycles. The first-order chi connectivity index (χ1) is 4.77. The van der Waals surface area contributed by atoms with Crippen molar-refractivity contribution in [1.82, 2.24) is 0 Å². The van der Waals surface area contributed by atoms with Gasteiger partial charge in [0.05, 0.1) is 15.2 Å². The SMILES string of the molecule is NC1=NCc2cc(Br)sc21. The van der Waals surface area contributed by atoms with Crippen LogP contribution in [-0.2, 0) is 6.54 Å². The number of nitrogens with two attached hydrogens (primary N) is 1. The van der Waals surface area contributed by atoms with E-state index in [2.05, 4.69) is 27.0 Å². The molecular weight excluding hydrogens is 212 g/mol. The van der Waals surface area contributed by atoms with E-state index >= 15 is 0 Å². The Balaban J connectivity index is 2.59. The number of nitrogens with zero attached hydrogens (tertiary/aromatic N) is 1. The molecule has 0 radical (unpaired) electrons. The summed E-state index contributed by atoms with van der Waals surface area (Å²) in [4.78, 5) is 5.22. The van der Waals surface area contributed by atoms with Gasteiger partial charge in [-0.15, -0.1) is 11.3 Å². The minimum absolute atomic E-state index is 0.686. The Hall–Kier alpha value is -0.350. The Morgan fingerprint density at radius 3 is 3.20 bits per heavy atom. The standard InChI is InChI=1S/C6H5BrN2S/c7-4-1-3-2-9-6(8)5(3)10-4/h1H,2H2,(H2,8,9). The lowest BCUT2D eigenvalue weighted by Crippen LogP contribution is -2.07. The van der Waals surface area contributed by atoms with E-state index < -0.39 is 0 Å². The van der Waals surface area contributed by atoms with Gasteiger partial charge in [0.25, 0.3) is 0 Å². The lowest BCUT2D eigenvalue weighted by molar-refractivity contribution is 1.11. The van der Waals surface area contributed by atoms with E-state index in [4.69, 9.17) is 5.73 Å². The highest BCUT2D eigenvalue weighted by Crippen LogP contribution is 2.30. The summed E-state index contributed by atoms with van der Waals surface area (Å²) >= 11 is 5.04. The van der Waals surface area contributed by atoms with Crippen molar-refractivity contribution in [2.24, 2.45) is 10.7 Å². The van der Waals surface area contributed by atoms with Crippen molar-refractivity contribution in [1.29, 1.82) is 0 Å². The molecule has 0 saturated heterocycles. The van der Waals surface area contributed by atoms with Crippen LogP contribution < -0.4 is 5.73 Å². The number of hydrogen-bond donors (Lipinski definition) is 1. The molecule has 0 amide bonds. The third-order valence-corrected chi connectivity index (χ3v) is 3.13. The van der Waals surface area contributed by atoms with Crippen molar-refractivity contribution in [2.45, 2.75) is 6.54 Å². The maximum absolute atomic E-state index is 5.60. The Labute approximate surface area is 70.9 Å². The fourth-order valence-electron chi connectivity index (χ4n) is 0.971. The maximum Gasteiger partial charge on any atom is 0.136 e. The molecule has 2 nitrogen and oxygen atoms in total. The van der Waals surface area contributed by atoms with Gasteiger partial charge in [0, 0.05) is 0 Å². The molecule has 0 spiro atoms. The number of thiophene rings is 1. The lowest BCUT2D eigenvalue weighted by Gasteiger charge is -1.85. The average molecular weight is 217 g/mol. The van der Waals surface area contributed by atoms with Crippen LogP contribution in [0.2, 0.25) is 0 Å². The van der Waals surface area contributed by atoms with E-state index in [0.717, 1.165) is 15.2 Å². The van der Waals surface area contributed by atoms with Crippen molar-refractivity contribution in [3.63, 3.8) is 0 Å². The topological polar surface area (TPSA) is 38.4 Å². The van der Waals surface area contributed by atoms with Gasteiger partial charge in [-0.2, -0.15) is 0 Å². The smallest absolute Gasteiger partial charge is 0.136 e. The van der Waals surface area contributed by atoms with Crippen molar-refractivity contribution in [3.8, 4) is 0 Å². The maximum atomic E-state index is 5.60. The lowest BCUT2D eigenvalue weighted by atomic mass is 10.3. The van der Waals surface area contributed by atoms with Crippen molar-refractivity contribution >= 4 is 33.1 Å². The van der Waals surface area contributed by atoms with Gasteiger partial charge in [0.1, 0.15) is 5.84 Å². The van der Waals surface area contributed by atoms with E-state index in [0.29, 0.717) is 5.84 Å². The number of halogens is 1. The Kier molecular flexibility index (Phi) is 1.32. The highest BCUT2D eigenvalue weighted by molar-refractivity contribution is 9.11. The molecule has 52 valence electrons. The summed E-state index contributed by atoms with van der Waals surface area (Å²) in [6.45, 7) is 0.753. The summed E-state index contributed by atoms with van der Waals surface area (Å²) in [5, 5.41) is 0. The normalized spacial score (nSPS) is 15.1. The molecule has 1 aromatic heterocycles. The molecule has 0 aromatic carbocycles. The summed E-state index contributed by atoms with van der Waals surface area (Å²) < 4.78 is 1.13.